The highest BCUT2D eigenvalue weighted by atomic mass is 16.5. The molecule has 0 spiro atoms. The largest absolute Gasteiger partial charge is 0.381 e. The van der Waals surface area contributed by atoms with Crippen LogP contribution in [-0.4, -0.2) is 25.8 Å². The maximum absolute atomic E-state index is 5.46. The molecule has 2 nitrogen and oxygen atoms in total. The van der Waals surface area contributed by atoms with Crippen LogP contribution in [0.4, 0.5) is 0 Å². The van der Waals surface area contributed by atoms with Gasteiger partial charge in [0.2, 0.25) is 0 Å². The first-order valence-corrected chi connectivity index (χ1v) is 7.13. The third kappa shape index (κ3) is 2.60. The zero-order valence-electron chi connectivity index (χ0n) is 11.2. The van der Waals surface area contributed by atoms with E-state index in [0.29, 0.717) is 11.5 Å². The summed E-state index contributed by atoms with van der Waals surface area (Å²) in [6.45, 7) is 5.39. The average Bonchev–Trinajstić information content (AvgIpc) is 2.80. The molecule has 0 aromatic heterocycles. The first-order valence-electron chi connectivity index (χ1n) is 7.13. The van der Waals surface area contributed by atoms with E-state index in [1.807, 2.05) is 0 Å². The Morgan fingerprint density at radius 2 is 1.78 bits per heavy atom. The van der Waals surface area contributed by atoms with Crippen LogP contribution in [0, 0.1) is 5.41 Å². The van der Waals surface area contributed by atoms with Crippen LogP contribution in [0.3, 0.4) is 0 Å². The lowest BCUT2D eigenvalue weighted by Crippen LogP contribution is -2.41. The Kier molecular flexibility index (Phi) is 3.40. The van der Waals surface area contributed by atoms with E-state index in [0.717, 1.165) is 19.8 Å². The molecule has 1 aliphatic heterocycles. The summed E-state index contributed by atoms with van der Waals surface area (Å²) >= 11 is 0. The summed E-state index contributed by atoms with van der Waals surface area (Å²) in [6, 6.07) is 9.49. The summed E-state index contributed by atoms with van der Waals surface area (Å²) in [6.07, 6.45) is 4.78. The number of benzene rings is 1. The van der Waals surface area contributed by atoms with Crippen LogP contribution in [0.15, 0.2) is 24.3 Å². The molecule has 0 atom stereocenters. The monoisotopic (exact) mass is 245 g/mol. The zero-order chi connectivity index (χ0) is 12.4. The molecule has 98 valence electrons. The van der Waals surface area contributed by atoms with Crippen molar-refractivity contribution in [3.8, 4) is 0 Å². The fourth-order valence-electron chi connectivity index (χ4n) is 3.13. The molecule has 0 saturated carbocycles. The third-order valence-electron chi connectivity index (χ3n) is 4.57. The zero-order valence-corrected chi connectivity index (χ0v) is 11.2. The maximum Gasteiger partial charge on any atom is 0.0471 e. The summed E-state index contributed by atoms with van der Waals surface area (Å²) in [7, 11) is 0. The van der Waals surface area contributed by atoms with Crippen molar-refractivity contribution in [1.82, 2.24) is 5.32 Å². The van der Waals surface area contributed by atoms with Gasteiger partial charge in [-0.3, -0.25) is 0 Å². The van der Waals surface area contributed by atoms with Gasteiger partial charge in [0.1, 0.15) is 0 Å². The number of fused-ring (bicyclic) bond motifs is 1. The van der Waals surface area contributed by atoms with Gasteiger partial charge in [-0.25, -0.2) is 0 Å². The second kappa shape index (κ2) is 5.02. The van der Waals surface area contributed by atoms with Crippen molar-refractivity contribution in [2.45, 2.75) is 38.6 Å². The SMILES string of the molecule is CC1(CNC2Cc3ccccc3C2)CCOCC1. The summed E-state index contributed by atoms with van der Waals surface area (Å²) in [5, 5.41) is 3.78. The summed E-state index contributed by atoms with van der Waals surface area (Å²) in [4.78, 5) is 0. The molecule has 0 amide bonds. The smallest absolute Gasteiger partial charge is 0.0471 e. The average molecular weight is 245 g/mol. The molecule has 1 aliphatic carbocycles. The molecular weight excluding hydrogens is 222 g/mol. The normalized spacial score (nSPS) is 22.9. The second-order valence-corrected chi connectivity index (χ2v) is 6.18. The lowest BCUT2D eigenvalue weighted by Gasteiger charge is -2.34. The van der Waals surface area contributed by atoms with Gasteiger partial charge in [0.25, 0.3) is 0 Å². The Bertz CT molecular complexity index is 384. The number of hydrogen-bond acceptors (Lipinski definition) is 2. The van der Waals surface area contributed by atoms with Gasteiger partial charge in [0.15, 0.2) is 0 Å². The molecule has 1 N–H and O–H groups in total. The predicted molar refractivity (Wildman–Crippen MR) is 73.8 cm³/mol. The van der Waals surface area contributed by atoms with E-state index < -0.39 is 0 Å². The standard InChI is InChI=1S/C16H23NO/c1-16(6-8-18-9-7-16)12-17-15-10-13-4-2-3-5-14(13)11-15/h2-5,15,17H,6-12H2,1H3. The van der Waals surface area contributed by atoms with Crippen molar-refractivity contribution in [3.63, 3.8) is 0 Å². The number of nitrogens with one attached hydrogen (secondary N) is 1. The molecule has 3 rings (SSSR count). The molecule has 1 fully saturated rings. The molecule has 2 heteroatoms. The van der Waals surface area contributed by atoms with E-state index in [1.165, 1.54) is 36.8 Å². The first-order chi connectivity index (χ1) is 8.75. The highest BCUT2D eigenvalue weighted by molar-refractivity contribution is 5.33. The topological polar surface area (TPSA) is 21.3 Å². The van der Waals surface area contributed by atoms with Crippen LogP contribution >= 0.6 is 0 Å². The van der Waals surface area contributed by atoms with Gasteiger partial charge in [0.05, 0.1) is 0 Å². The molecule has 18 heavy (non-hydrogen) atoms. The van der Waals surface area contributed by atoms with Gasteiger partial charge in [-0.15, -0.1) is 0 Å². The fraction of sp³-hybridized carbons (Fsp3) is 0.625. The predicted octanol–water partition coefficient (Wildman–Crippen LogP) is 2.56. The van der Waals surface area contributed by atoms with E-state index in [9.17, 15) is 0 Å². The van der Waals surface area contributed by atoms with E-state index >= 15 is 0 Å². The Labute approximate surface area is 110 Å². The van der Waals surface area contributed by atoms with Crippen LogP contribution < -0.4 is 5.32 Å². The molecule has 1 aromatic carbocycles. The molecule has 0 radical (unpaired) electrons. The lowest BCUT2D eigenvalue weighted by molar-refractivity contribution is 0.0230. The Morgan fingerprint density at radius 3 is 2.39 bits per heavy atom. The van der Waals surface area contributed by atoms with Crippen LogP contribution in [0.1, 0.15) is 30.9 Å². The first kappa shape index (κ1) is 12.2. The van der Waals surface area contributed by atoms with E-state index in [2.05, 4.69) is 36.5 Å². The molecule has 1 aromatic rings. The van der Waals surface area contributed by atoms with Crippen molar-refractivity contribution >= 4 is 0 Å². The fourth-order valence-corrected chi connectivity index (χ4v) is 3.13. The Hall–Kier alpha value is -0.860. The van der Waals surface area contributed by atoms with Crippen molar-refractivity contribution in [1.29, 1.82) is 0 Å². The second-order valence-electron chi connectivity index (χ2n) is 6.18. The quantitative estimate of drug-likeness (QED) is 0.883. The number of ether oxygens (including phenoxy) is 1. The van der Waals surface area contributed by atoms with Crippen molar-refractivity contribution in [2.75, 3.05) is 19.8 Å². The minimum absolute atomic E-state index is 0.438. The van der Waals surface area contributed by atoms with Gasteiger partial charge in [-0.05, 0) is 42.2 Å². The van der Waals surface area contributed by atoms with E-state index in [-0.39, 0.29) is 0 Å². The molecule has 0 bridgehead atoms. The van der Waals surface area contributed by atoms with Crippen LogP contribution in [0.25, 0.3) is 0 Å². The van der Waals surface area contributed by atoms with Crippen molar-refractivity contribution in [3.05, 3.63) is 35.4 Å². The van der Waals surface area contributed by atoms with Crippen molar-refractivity contribution in [2.24, 2.45) is 5.41 Å². The third-order valence-corrected chi connectivity index (χ3v) is 4.57. The van der Waals surface area contributed by atoms with Gasteiger partial charge in [-0.2, -0.15) is 0 Å². The summed E-state index contributed by atoms with van der Waals surface area (Å²) < 4.78 is 5.46. The molecule has 2 aliphatic rings. The molecular formula is C16H23NO. The molecule has 1 saturated heterocycles. The van der Waals surface area contributed by atoms with E-state index in [4.69, 9.17) is 4.74 Å². The molecule has 0 unspecified atom stereocenters. The van der Waals surface area contributed by atoms with Gasteiger partial charge < -0.3 is 10.1 Å². The number of rotatable bonds is 3. The lowest BCUT2D eigenvalue weighted by atomic mass is 9.82. The number of hydrogen-bond donors (Lipinski definition) is 1. The van der Waals surface area contributed by atoms with Gasteiger partial charge in [-0.1, -0.05) is 31.2 Å². The summed E-state index contributed by atoms with van der Waals surface area (Å²) in [5.41, 5.74) is 3.51. The van der Waals surface area contributed by atoms with Crippen molar-refractivity contribution < 1.29 is 4.74 Å². The summed E-state index contributed by atoms with van der Waals surface area (Å²) in [5.74, 6) is 0. The molecule has 1 heterocycles. The maximum atomic E-state index is 5.46. The van der Waals surface area contributed by atoms with Crippen LogP contribution in [-0.2, 0) is 17.6 Å². The minimum Gasteiger partial charge on any atom is -0.381 e. The van der Waals surface area contributed by atoms with E-state index in [1.54, 1.807) is 0 Å². The van der Waals surface area contributed by atoms with Crippen LogP contribution in [0.2, 0.25) is 0 Å². The highest BCUT2D eigenvalue weighted by Gasteiger charge is 2.29. The Balaban J connectivity index is 1.53. The Morgan fingerprint density at radius 1 is 1.17 bits per heavy atom. The van der Waals surface area contributed by atoms with Gasteiger partial charge in [0, 0.05) is 25.8 Å². The van der Waals surface area contributed by atoms with Crippen LogP contribution in [0.5, 0.6) is 0 Å². The highest BCUT2D eigenvalue weighted by Crippen LogP contribution is 2.30. The minimum atomic E-state index is 0.438. The van der Waals surface area contributed by atoms with Gasteiger partial charge >= 0.3 is 0 Å².